The molecule has 9 heteroatoms. The number of rotatable bonds is 2. The van der Waals surface area contributed by atoms with Crippen molar-refractivity contribution in [2.75, 3.05) is 6.61 Å². The van der Waals surface area contributed by atoms with Crippen molar-refractivity contribution in [1.82, 2.24) is 9.97 Å². The Morgan fingerprint density at radius 3 is 2.95 bits per heavy atom. The van der Waals surface area contributed by atoms with Crippen molar-refractivity contribution in [3.05, 3.63) is 21.7 Å². The number of H-pyrrole nitrogens is 1. The summed E-state index contributed by atoms with van der Waals surface area (Å²) in [5.74, 6) is -0.184. The normalized spacial score (nSPS) is 16.6. The number of aliphatic hydroxyl groups is 1. The number of aliphatic hydroxyl groups excluding tert-OH is 1. The monoisotopic (exact) mass is 320 g/mol. The predicted molar refractivity (Wildman–Crippen MR) is 69.8 cm³/mol. The molecule has 21 heavy (non-hydrogen) atoms. The Labute approximate surface area is 120 Å². The van der Waals surface area contributed by atoms with Crippen LogP contribution in [0.2, 0.25) is 0 Å². The number of thiophene rings is 1. The highest BCUT2D eigenvalue weighted by atomic mass is 32.1. The van der Waals surface area contributed by atoms with Crippen molar-refractivity contribution in [2.45, 2.75) is 31.5 Å². The quantitative estimate of drug-likeness (QED) is 0.884. The summed E-state index contributed by atoms with van der Waals surface area (Å²) >= 11 is 1.15. The van der Waals surface area contributed by atoms with Crippen molar-refractivity contribution in [2.24, 2.45) is 0 Å². The molecule has 2 aromatic rings. The molecule has 0 amide bonds. The highest BCUT2D eigenvalue weighted by molar-refractivity contribution is 7.20. The van der Waals surface area contributed by atoms with Crippen LogP contribution in [0.3, 0.4) is 0 Å². The van der Waals surface area contributed by atoms with E-state index in [9.17, 15) is 18.0 Å². The highest BCUT2D eigenvalue weighted by Gasteiger charge is 2.38. The molecular weight excluding hydrogens is 309 g/mol. The largest absolute Gasteiger partial charge is 0.484 e. The molecule has 0 bridgehead atoms. The lowest BCUT2D eigenvalue weighted by molar-refractivity contribution is -0.203. The van der Waals surface area contributed by atoms with Crippen LogP contribution in [-0.4, -0.2) is 34.0 Å². The van der Waals surface area contributed by atoms with E-state index in [0.29, 0.717) is 28.3 Å². The molecule has 1 aliphatic rings. The molecule has 5 nitrogen and oxygen atoms in total. The maximum Gasteiger partial charge on any atom is 0.414 e. The first-order valence-electron chi connectivity index (χ1n) is 6.28. The fraction of sp³-hybridized carbons (Fsp3) is 0.500. The molecule has 3 heterocycles. The molecular formula is C12H11F3N2O3S. The van der Waals surface area contributed by atoms with Gasteiger partial charge in [0.25, 0.3) is 5.56 Å². The SMILES string of the molecule is O=c1[nH]c(CC(O)C(F)(F)F)nc2sc3c(c12)CCCO3. The maximum absolute atomic E-state index is 12.3. The van der Waals surface area contributed by atoms with Crippen LogP contribution in [0.4, 0.5) is 13.2 Å². The van der Waals surface area contributed by atoms with Gasteiger partial charge in [0, 0.05) is 12.0 Å². The molecule has 3 rings (SSSR count). The topological polar surface area (TPSA) is 75.2 Å². The fourth-order valence-electron chi connectivity index (χ4n) is 2.24. The first-order valence-corrected chi connectivity index (χ1v) is 7.10. The highest BCUT2D eigenvalue weighted by Crippen LogP contribution is 2.38. The lowest BCUT2D eigenvalue weighted by Gasteiger charge is -2.13. The summed E-state index contributed by atoms with van der Waals surface area (Å²) in [5.41, 5.74) is 0.269. The number of fused-ring (bicyclic) bond motifs is 3. The van der Waals surface area contributed by atoms with Gasteiger partial charge in [-0.25, -0.2) is 4.98 Å². The Balaban J connectivity index is 2.02. The minimum absolute atomic E-state index is 0.184. The number of aromatic nitrogens is 2. The van der Waals surface area contributed by atoms with Gasteiger partial charge in [-0.3, -0.25) is 4.79 Å². The Morgan fingerprint density at radius 2 is 2.24 bits per heavy atom. The number of hydrogen-bond acceptors (Lipinski definition) is 5. The van der Waals surface area contributed by atoms with Crippen molar-refractivity contribution in [3.8, 4) is 5.06 Å². The van der Waals surface area contributed by atoms with E-state index in [0.717, 1.165) is 23.3 Å². The molecule has 114 valence electrons. The number of hydrogen-bond donors (Lipinski definition) is 2. The Bertz CT molecular complexity index is 738. The average molecular weight is 320 g/mol. The van der Waals surface area contributed by atoms with Gasteiger partial charge in [-0.05, 0) is 12.8 Å². The number of alkyl halides is 3. The van der Waals surface area contributed by atoms with Crippen LogP contribution in [0, 0.1) is 0 Å². The summed E-state index contributed by atoms with van der Waals surface area (Å²) in [7, 11) is 0. The summed E-state index contributed by atoms with van der Waals surface area (Å²) in [6.07, 6.45) is -6.61. The maximum atomic E-state index is 12.3. The van der Waals surface area contributed by atoms with Gasteiger partial charge in [-0.15, -0.1) is 0 Å². The average Bonchev–Trinajstić information content (AvgIpc) is 2.75. The third kappa shape index (κ3) is 2.62. The van der Waals surface area contributed by atoms with E-state index in [4.69, 9.17) is 9.84 Å². The first kappa shape index (κ1) is 14.3. The molecule has 0 saturated carbocycles. The van der Waals surface area contributed by atoms with E-state index in [1.54, 1.807) is 0 Å². The summed E-state index contributed by atoms with van der Waals surface area (Å²) in [4.78, 5) is 18.7. The molecule has 0 fully saturated rings. The van der Waals surface area contributed by atoms with Gasteiger partial charge in [-0.2, -0.15) is 13.2 Å². The third-order valence-electron chi connectivity index (χ3n) is 3.24. The van der Waals surface area contributed by atoms with Crippen LogP contribution in [0.15, 0.2) is 4.79 Å². The van der Waals surface area contributed by atoms with Gasteiger partial charge in [-0.1, -0.05) is 11.3 Å². The molecule has 1 atom stereocenters. The number of halogens is 3. The molecule has 2 aromatic heterocycles. The van der Waals surface area contributed by atoms with Crippen LogP contribution >= 0.6 is 11.3 Å². The zero-order valence-corrected chi connectivity index (χ0v) is 11.5. The number of ether oxygens (including phenoxy) is 1. The van der Waals surface area contributed by atoms with Gasteiger partial charge >= 0.3 is 6.18 Å². The predicted octanol–water partition coefficient (Wildman–Crippen LogP) is 1.78. The van der Waals surface area contributed by atoms with E-state index >= 15 is 0 Å². The number of aromatic amines is 1. The first-order chi connectivity index (χ1) is 9.86. The summed E-state index contributed by atoms with van der Waals surface area (Å²) < 4.78 is 42.5. The van der Waals surface area contributed by atoms with Crippen molar-refractivity contribution < 1.29 is 23.0 Å². The zero-order valence-electron chi connectivity index (χ0n) is 10.7. The molecule has 0 aliphatic carbocycles. The molecule has 0 radical (unpaired) electrons. The lowest BCUT2D eigenvalue weighted by atomic mass is 10.1. The minimum Gasteiger partial charge on any atom is -0.484 e. The molecule has 0 saturated heterocycles. The molecule has 1 unspecified atom stereocenters. The number of aryl methyl sites for hydroxylation is 1. The van der Waals surface area contributed by atoms with Gasteiger partial charge in [0.05, 0.1) is 12.0 Å². The minimum atomic E-state index is -4.74. The van der Waals surface area contributed by atoms with Crippen LogP contribution in [0.25, 0.3) is 10.2 Å². The zero-order chi connectivity index (χ0) is 15.2. The van der Waals surface area contributed by atoms with Crippen molar-refractivity contribution >= 4 is 21.6 Å². The van der Waals surface area contributed by atoms with E-state index < -0.39 is 24.3 Å². The molecule has 2 N–H and O–H groups in total. The second kappa shape index (κ2) is 4.99. The van der Waals surface area contributed by atoms with Gasteiger partial charge in [0.2, 0.25) is 0 Å². The van der Waals surface area contributed by atoms with Crippen LogP contribution in [0.1, 0.15) is 17.8 Å². The van der Waals surface area contributed by atoms with Gasteiger partial charge in [0.15, 0.2) is 11.2 Å². The smallest absolute Gasteiger partial charge is 0.414 e. The number of nitrogens with one attached hydrogen (secondary N) is 1. The Hall–Kier alpha value is -1.61. The fourth-order valence-corrected chi connectivity index (χ4v) is 3.36. The van der Waals surface area contributed by atoms with E-state index in [1.165, 1.54) is 0 Å². The molecule has 0 spiro atoms. The van der Waals surface area contributed by atoms with Crippen LogP contribution < -0.4 is 10.3 Å². The second-order valence-electron chi connectivity index (χ2n) is 4.77. The molecule has 1 aliphatic heterocycles. The van der Waals surface area contributed by atoms with Gasteiger partial charge < -0.3 is 14.8 Å². The third-order valence-corrected chi connectivity index (χ3v) is 4.28. The second-order valence-corrected chi connectivity index (χ2v) is 5.74. The summed E-state index contributed by atoms with van der Waals surface area (Å²) in [6, 6.07) is 0. The van der Waals surface area contributed by atoms with E-state index in [-0.39, 0.29) is 5.82 Å². The molecule has 0 aromatic carbocycles. The van der Waals surface area contributed by atoms with Crippen molar-refractivity contribution in [3.63, 3.8) is 0 Å². The summed E-state index contributed by atoms with van der Waals surface area (Å²) in [6.45, 7) is 0.553. The standard InChI is InChI=1S/C12H11F3N2O3S/c13-12(14,15)6(18)4-7-16-9(19)8-5-2-1-3-20-11(5)21-10(8)17-7/h6,18H,1-4H2,(H,16,17,19). The van der Waals surface area contributed by atoms with Gasteiger partial charge in [0.1, 0.15) is 10.7 Å². The van der Waals surface area contributed by atoms with Crippen LogP contribution in [-0.2, 0) is 12.8 Å². The Morgan fingerprint density at radius 1 is 1.48 bits per heavy atom. The van der Waals surface area contributed by atoms with Crippen LogP contribution in [0.5, 0.6) is 5.06 Å². The van der Waals surface area contributed by atoms with E-state index in [1.807, 2.05) is 0 Å². The Kier molecular flexibility index (Phi) is 3.40. The number of nitrogens with zero attached hydrogens (tertiary/aromatic N) is 1. The summed E-state index contributed by atoms with van der Waals surface area (Å²) in [5, 5.41) is 10.0. The van der Waals surface area contributed by atoms with Crippen molar-refractivity contribution in [1.29, 1.82) is 0 Å². The van der Waals surface area contributed by atoms with E-state index in [2.05, 4.69) is 9.97 Å². The lowest BCUT2D eigenvalue weighted by Crippen LogP contribution is -2.31.